The van der Waals surface area contributed by atoms with E-state index in [1.165, 1.54) is 24.6 Å². The van der Waals surface area contributed by atoms with E-state index >= 15 is 0 Å². The molecule has 2 aromatic rings. The number of benzene rings is 1. The van der Waals surface area contributed by atoms with Crippen LogP contribution in [0, 0.1) is 0 Å². The second-order valence-electron chi connectivity index (χ2n) is 5.38. The van der Waals surface area contributed by atoms with E-state index in [9.17, 15) is 8.42 Å². The molecule has 0 saturated carbocycles. The van der Waals surface area contributed by atoms with Gasteiger partial charge in [0.15, 0.2) is 0 Å². The van der Waals surface area contributed by atoms with E-state index in [1.54, 1.807) is 18.4 Å². The Morgan fingerprint density at radius 1 is 1.22 bits per heavy atom. The van der Waals surface area contributed by atoms with Gasteiger partial charge in [0, 0.05) is 25.1 Å². The third kappa shape index (κ3) is 2.94. The van der Waals surface area contributed by atoms with Crippen molar-refractivity contribution in [2.45, 2.75) is 17.2 Å². The zero-order chi connectivity index (χ0) is 16.4. The van der Waals surface area contributed by atoms with Gasteiger partial charge < -0.3 is 13.9 Å². The fourth-order valence-electron chi connectivity index (χ4n) is 2.83. The molecule has 1 saturated heterocycles. The summed E-state index contributed by atoms with van der Waals surface area (Å²) in [6, 6.07) is 8.42. The van der Waals surface area contributed by atoms with E-state index in [-0.39, 0.29) is 16.6 Å². The average molecular weight is 337 g/mol. The van der Waals surface area contributed by atoms with Crippen molar-refractivity contribution in [3.05, 3.63) is 42.4 Å². The van der Waals surface area contributed by atoms with E-state index in [0.717, 1.165) is 12.2 Å². The number of nitrogens with zero attached hydrogens (tertiary/aromatic N) is 1. The highest BCUT2D eigenvalue weighted by Gasteiger charge is 2.35. The molecule has 0 bridgehead atoms. The quantitative estimate of drug-likeness (QED) is 0.838. The van der Waals surface area contributed by atoms with Crippen LogP contribution in [0.4, 0.5) is 0 Å². The minimum atomic E-state index is -3.62. The van der Waals surface area contributed by atoms with Gasteiger partial charge in [-0.15, -0.1) is 0 Å². The maximum absolute atomic E-state index is 12.9. The Bertz CT molecular complexity index is 770. The second-order valence-corrected chi connectivity index (χ2v) is 7.29. The normalized spacial score (nSPS) is 19.0. The SMILES string of the molecule is COc1ccc(S(=O)(=O)N2CCC(c3ccco3)C2)c(OC)c1. The topological polar surface area (TPSA) is 69.0 Å². The summed E-state index contributed by atoms with van der Waals surface area (Å²) in [6.45, 7) is 0.869. The molecule has 1 unspecified atom stereocenters. The Kier molecular flexibility index (Phi) is 4.32. The first-order valence-electron chi connectivity index (χ1n) is 7.32. The zero-order valence-electron chi connectivity index (χ0n) is 13.1. The molecule has 1 fully saturated rings. The number of methoxy groups -OCH3 is 2. The Morgan fingerprint density at radius 3 is 2.70 bits per heavy atom. The third-order valence-electron chi connectivity index (χ3n) is 4.09. The van der Waals surface area contributed by atoms with Gasteiger partial charge in [0.1, 0.15) is 22.2 Å². The van der Waals surface area contributed by atoms with Crippen LogP contribution >= 0.6 is 0 Å². The highest BCUT2D eigenvalue weighted by Crippen LogP contribution is 2.35. The fourth-order valence-corrected chi connectivity index (χ4v) is 4.47. The lowest BCUT2D eigenvalue weighted by Gasteiger charge is -2.18. The molecule has 2 heterocycles. The molecule has 0 radical (unpaired) electrons. The zero-order valence-corrected chi connectivity index (χ0v) is 13.9. The molecule has 6 nitrogen and oxygen atoms in total. The van der Waals surface area contributed by atoms with Gasteiger partial charge >= 0.3 is 0 Å². The maximum atomic E-state index is 12.9. The van der Waals surface area contributed by atoms with Crippen LogP contribution in [0.2, 0.25) is 0 Å². The summed E-state index contributed by atoms with van der Waals surface area (Å²) in [5.41, 5.74) is 0. The largest absolute Gasteiger partial charge is 0.497 e. The molecule has 1 aromatic heterocycles. The van der Waals surface area contributed by atoms with E-state index in [2.05, 4.69) is 0 Å². The standard InChI is InChI=1S/C16H19NO5S/c1-20-13-5-6-16(15(10-13)21-2)23(18,19)17-8-7-12(11-17)14-4-3-9-22-14/h3-6,9-10,12H,7-8,11H2,1-2H3. The average Bonchev–Trinajstić information content (AvgIpc) is 3.24. The lowest BCUT2D eigenvalue weighted by molar-refractivity contribution is 0.383. The molecule has 1 aromatic carbocycles. The van der Waals surface area contributed by atoms with E-state index in [1.807, 2.05) is 12.1 Å². The maximum Gasteiger partial charge on any atom is 0.246 e. The summed E-state index contributed by atoms with van der Waals surface area (Å²) in [4.78, 5) is 0.154. The predicted octanol–water partition coefficient (Wildman–Crippen LogP) is 2.48. The number of hydrogen-bond donors (Lipinski definition) is 0. The van der Waals surface area contributed by atoms with Crippen molar-refractivity contribution in [2.24, 2.45) is 0 Å². The molecular formula is C16H19NO5S. The molecule has 0 N–H and O–H groups in total. The highest BCUT2D eigenvalue weighted by atomic mass is 32.2. The molecular weight excluding hydrogens is 318 g/mol. The smallest absolute Gasteiger partial charge is 0.246 e. The summed E-state index contributed by atoms with van der Waals surface area (Å²) in [5, 5.41) is 0. The van der Waals surface area contributed by atoms with Crippen molar-refractivity contribution >= 4 is 10.0 Å². The first kappa shape index (κ1) is 15.9. The molecule has 7 heteroatoms. The van der Waals surface area contributed by atoms with Crippen LogP contribution in [0.3, 0.4) is 0 Å². The summed E-state index contributed by atoms with van der Waals surface area (Å²) < 4.78 is 43.0. The van der Waals surface area contributed by atoms with Crippen molar-refractivity contribution in [2.75, 3.05) is 27.3 Å². The number of hydrogen-bond acceptors (Lipinski definition) is 5. The van der Waals surface area contributed by atoms with Crippen molar-refractivity contribution in [1.29, 1.82) is 0 Å². The van der Waals surface area contributed by atoms with Gasteiger partial charge in [-0.3, -0.25) is 0 Å². The third-order valence-corrected chi connectivity index (χ3v) is 5.99. The summed E-state index contributed by atoms with van der Waals surface area (Å²) >= 11 is 0. The minimum absolute atomic E-state index is 0.0871. The number of furan rings is 1. The highest BCUT2D eigenvalue weighted by molar-refractivity contribution is 7.89. The van der Waals surface area contributed by atoms with Gasteiger partial charge in [-0.1, -0.05) is 0 Å². The first-order chi connectivity index (χ1) is 11.1. The van der Waals surface area contributed by atoms with Crippen LogP contribution in [0.25, 0.3) is 0 Å². The summed E-state index contributed by atoms with van der Waals surface area (Å²) in [6.07, 6.45) is 2.35. The molecule has 1 atom stereocenters. The van der Waals surface area contributed by atoms with Crippen LogP contribution in [0.5, 0.6) is 11.5 Å². The van der Waals surface area contributed by atoms with E-state index < -0.39 is 10.0 Å². The van der Waals surface area contributed by atoms with Crippen molar-refractivity contribution in [3.8, 4) is 11.5 Å². The predicted molar refractivity (Wildman–Crippen MR) is 84.4 cm³/mol. The minimum Gasteiger partial charge on any atom is -0.497 e. The van der Waals surface area contributed by atoms with Crippen molar-refractivity contribution in [3.63, 3.8) is 0 Å². The molecule has 0 amide bonds. The van der Waals surface area contributed by atoms with E-state index in [4.69, 9.17) is 13.9 Å². The van der Waals surface area contributed by atoms with Gasteiger partial charge in [0.25, 0.3) is 0 Å². The summed E-state index contributed by atoms with van der Waals surface area (Å²) in [5.74, 6) is 1.75. The molecule has 3 rings (SSSR count). The van der Waals surface area contributed by atoms with Gasteiger partial charge in [-0.2, -0.15) is 4.31 Å². The number of ether oxygens (including phenoxy) is 2. The molecule has 23 heavy (non-hydrogen) atoms. The molecule has 124 valence electrons. The first-order valence-corrected chi connectivity index (χ1v) is 8.76. The van der Waals surface area contributed by atoms with Crippen molar-refractivity contribution in [1.82, 2.24) is 4.31 Å². The lowest BCUT2D eigenvalue weighted by atomic mass is 10.1. The van der Waals surface area contributed by atoms with Crippen LogP contribution in [0.1, 0.15) is 18.1 Å². The van der Waals surface area contributed by atoms with Crippen LogP contribution in [-0.2, 0) is 10.0 Å². The number of sulfonamides is 1. The van der Waals surface area contributed by atoms with E-state index in [0.29, 0.717) is 18.8 Å². The Balaban J connectivity index is 1.88. The fraction of sp³-hybridized carbons (Fsp3) is 0.375. The number of rotatable bonds is 5. The second kappa shape index (κ2) is 6.25. The molecule has 1 aliphatic heterocycles. The van der Waals surface area contributed by atoms with Crippen molar-refractivity contribution < 1.29 is 22.3 Å². The van der Waals surface area contributed by atoms with Crippen LogP contribution in [-0.4, -0.2) is 40.0 Å². The Hall–Kier alpha value is -1.99. The summed E-state index contributed by atoms with van der Waals surface area (Å²) in [7, 11) is -0.646. The Morgan fingerprint density at radius 2 is 2.04 bits per heavy atom. The molecule has 0 aliphatic carbocycles. The lowest BCUT2D eigenvalue weighted by Crippen LogP contribution is -2.29. The van der Waals surface area contributed by atoms with Gasteiger partial charge in [-0.05, 0) is 30.7 Å². The van der Waals surface area contributed by atoms with Gasteiger partial charge in [0.05, 0.1) is 20.5 Å². The van der Waals surface area contributed by atoms with Crippen LogP contribution in [0.15, 0.2) is 45.9 Å². The molecule has 0 spiro atoms. The monoisotopic (exact) mass is 337 g/mol. The molecule has 1 aliphatic rings. The van der Waals surface area contributed by atoms with Gasteiger partial charge in [0.2, 0.25) is 10.0 Å². The van der Waals surface area contributed by atoms with Gasteiger partial charge in [-0.25, -0.2) is 8.42 Å². The van der Waals surface area contributed by atoms with Crippen LogP contribution < -0.4 is 9.47 Å². The Labute approximate surface area is 135 Å².